The summed E-state index contributed by atoms with van der Waals surface area (Å²) < 4.78 is 5.08. The van der Waals surface area contributed by atoms with E-state index in [0.29, 0.717) is 6.54 Å². The number of likely N-dealkylation sites (N-methyl/N-ethyl adjacent to an activating group) is 1. The summed E-state index contributed by atoms with van der Waals surface area (Å²) in [5.41, 5.74) is -0.281. The van der Waals surface area contributed by atoms with Crippen molar-refractivity contribution in [3.63, 3.8) is 0 Å². The standard InChI is InChI=1S/C17H35N5O2/c1-18-16(19-10-11-22(4)12-13-24-5)20-14-17(8-6-7-9-17)15(23)21(2)3/h6-14H2,1-5H3,(H2,18,19,20). The minimum Gasteiger partial charge on any atom is -0.383 e. The minimum atomic E-state index is -0.281. The monoisotopic (exact) mass is 341 g/mol. The third-order valence-corrected chi connectivity index (χ3v) is 4.70. The second-order valence-electron chi connectivity index (χ2n) is 6.84. The largest absolute Gasteiger partial charge is 0.383 e. The molecule has 0 saturated heterocycles. The lowest BCUT2D eigenvalue weighted by atomic mass is 9.84. The van der Waals surface area contributed by atoms with Gasteiger partial charge in [0, 0.05) is 54.4 Å². The zero-order chi connectivity index (χ0) is 18.0. The van der Waals surface area contributed by atoms with Crippen molar-refractivity contribution in [1.29, 1.82) is 0 Å². The quantitative estimate of drug-likeness (QED) is 0.469. The van der Waals surface area contributed by atoms with Gasteiger partial charge in [0.25, 0.3) is 0 Å². The van der Waals surface area contributed by atoms with Crippen LogP contribution in [0.25, 0.3) is 0 Å². The van der Waals surface area contributed by atoms with Gasteiger partial charge in [-0.2, -0.15) is 0 Å². The van der Waals surface area contributed by atoms with E-state index in [9.17, 15) is 4.79 Å². The van der Waals surface area contributed by atoms with E-state index < -0.39 is 0 Å². The van der Waals surface area contributed by atoms with Crippen molar-refractivity contribution in [1.82, 2.24) is 20.4 Å². The van der Waals surface area contributed by atoms with Crippen molar-refractivity contribution in [2.75, 3.05) is 68.1 Å². The number of amides is 1. The van der Waals surface area contributed by atoms with Gasteiger partial charge in [0.05, 0.1) is 12.0 Å². The van der Waals surface area contributed by atoms with Crippen LogP contribution in [-0.4, -0.2) is 89.8 Å². The minimum absolute atomic E-state index is 0.224. The van der Waals surface area contributed by atoms with E-state index in [0.717, 1.165) is 57.9 Å². The molecule has 0 bridgehead atoms. The van der Waals surface area contributed by atoms with Crippen LogP contribution in [0, 0.1) is 5.41 Å². The number of ether oxygens (including phenoxy) is 1. The van der Waals surface area contributed by atoms with Crippen LogP contribution in [0.1, 0.15) is 25.7 Å². The van der Waals surface area contributed by atoms with E-state index in [2.05, 4.69) is 27.6 Å². The smallest absolute Gasteiger partial charge is 0.230 e. The highest BCUT2D eigenvalue weighted by Gasteiger charge is 2.42. The summed E-state index contributed by atoms with van der Waals surface area (Å²) in [5.74, 6) is 0.982. The Labute approximate surface area is 146 Å². The number of hydrogen-bond acceptors (Lipinski definition) is 4. The Bertz CT molecular complexity index is 406. The Morgan fingerprint density at radius 1 is 1.17 bits per heavy atom. The summed E-state index contributed by atoms with van der Waals surface area (Å²) in [6, 6.07) is 0. The normalized spacial score (nSPS) is 17.2. The molecule has 1 aliphatic carbocycles. The number of guanidine groups is 1. The van der Waals surface area contributed by atoms with Crippen molar-refractivity contribution in [2.45, 2.75) is 25.7 Å². The second kappa shape index (κ2) is 10.5. The van der Waals surface area contributed by atoms with E-state index >= 15 is 0 Å². The van der Waals surface area contributed by atoms with E-state index in [-0.39, 0.29) is 11.3 Å². The van der Waals surface area contributed by atoms with E-state index in [1.54, 1.807) is 19.1 Å². The van der Waals surface area contributed by atoms with Crippen LogP contribution in [0.2, 0.25) is 0 Å². The lowest BCUT2D eigenvalue weighted by Crippen LogP contribution is -2.49. The van der Waals surface area contributed by atoms with Crippen LogP contribution in [0.3, 0.4) is 0 Å². The Kier molecular flexibility index (Phi) is 9.07. The number of methoxy groups -OCH3 is 1. The molecule has 0 aromatic carbocycles. The molecule has 0 aliphatic heterocycles. The first kappa shape index (κ1) is 20.7. The maximum Gasteiger partial charge on any atom is 0.230 e. The molecule has 0 spiro atoms. The molecule has 24 heavy (non-hydrogen) atoms. The maximum absolute atomic E-state index is 12.6. The van der Waals surface area contributed by atoms with Crippen LogP contribution < -0.4 is 10.6 Å². The van der Waals surface area contributed by atoms with Crippen molar-refractivity contribution >= 4 is 11.9 Å². The van der Waals surface area contributed by atoms with Gasteiger partial charge in [0.2, 0.25) is 5.91 Å². The molecule has 0 aromatic heterocycles. The molecule has 1 rings (SSSR count). The van der Waals surface area contributed by atoms with Gasteiger partial charge in [0.1, 0.15) is 0 Å². The summed E-state index contributed by atoms with van der Waals surface area (Å²) in [6.07, 6.45) is 4.15. The fourth-order valence-electron chi connectivity index (χ4n) is 3.19. The Balaban J connectivity index is 2.43. The number of carbonyl (C=O) groups is 1. The lowest BCUT2D eigenvalue weighted by Gasteiger charge is -2.31. The molecule has 0 aromatic rings. The van der Waals surface area contributed by atoms with E-state index in [1.807, 2.05) is 14.1 Å². The van der Waals surface area contributed by atoms with Crippen molar-refractivity contribution in [3.05, 3.63) is 0 Å². The van der Waals surface area contributed by atoms with Crippen LogP contribution in [-0.2, 0) is 9.53 Å². The Morgan fingerprint density at radius 3 is 2.38 bits per heavy atom. The van der Waals surface area contributed by atoms with Crippen LogP contribution in [0.4, 0.5) is 0 Å². The molecule has 140 valence electrons. The summed E-state index contributed by atoms with van der Waals surface area (Å²) in [4.78, 5) is 20.8. The van der Waals surface area contributed by atoms with Gasteiger partial charge in [-0.25, -0.2) is 0 Å². The summed E-state index contributed by atoms with van der Waals surface area (Å²) in [7, 11) is 9.22. The third-order valence-electron chi connectivity index (χ3n) is 4.70. The Hall–Kier alpha value is -1.34. The molecule has 7 heteroatoms. The number of hydrogen-bond donors (Lipinski definition) is 2. The highest BCUT2D eigenvalue weighted by Crippen LogP contribution is 2.38. The first-order chi connectivity index (χ1) is 11.4. The van der Waals surface area contributed by atoms with Crippen molar-refractivity contribution in [3.8, 4) is 0 Å². The fourth-order valence-corrected chi connectivity index (χ4v) is 3.19. The fraction of sp³-hybridized carbons (Fsp3) is 0.882. The van der Waals surface area contributed by atoms with Gasteiger partial charge in [-0.05, 0) is 19.9 Å². The van der Waals surface area contributed by atoms with Gasteiger partial charge in [-0.15, -0.1) is 0 Å². The van der Waals surface area contributed by atoms with E-state index in [4.69, 9.17) is 4.74 Å². The second-order valence-corrected chi connectivity index (χ2v) is 6.84. The van der Waals surface area contributed by atoms with Gasteiger partial charge < -0.3 is 25.2 Å². The lowest BCUT2D eigenvalue weighted by molar-refractivity contribution is -0.138. The molecular formula is C17H35N5O2. The van der Waals surface area contributed by atoms with Crippen molar-refractivity contribution in [2.24, 2.45) is 10.4 Å². The first-order valence-electron chi connectivity index (χ1n) is 8.79. The average Bonchev–Trinajstić information content (AvgIpc) is 3.05. The van der Waals surface area contributed by atoms with Crippen molar-refractivity contribution < 1.29 is 9.53 Å². The van der Waals surface area contributed by atoms with Gasteiger partial charge in [-0.1, -0.05) is 12.8 Å². The van der Waals surface area contributed by atoms with Gasteiger partial charge in [0.15, 0.2) is 5.96 Å². The number of carbonyl (C=O) groups excluding carboxylic acids is 1. The molecule has 1 aliphatic rings. The highest BCUT2D eigenvalue weighted by molar-refractivity contribution is 5.85. The maximum atomic E-state index is 12.6. The average molecular weight is 342 g/mol. The summed E-state index contributed by atoms with van der Waals surface area (Å²) in [6.45, 7) is 3.99. The van der Waals surface area contributed by atoms with Gasteiger partial charge in [-0.3, -0.25) is 9.79 Å². The van der Waals surface area contributed by atoms with Crippen LogP contribution in [0.5, 0.6) is 0 Å². The Morgan fingerprint density at radius 2 is 1.83 bits per heavy atom. The molecule has 7 nitrogen and oxygen atoms in total. The molecule has 0 radical (unpaired) electrons. The number of aliphatic imine (C=N–C) groups is 1. The topological polar surface area (TPSA) is 69.2 Å². The molecule has 0 atom stereocenters. The van der Waals surface area contributed by atoms with Crippen LogP contribution in [0.15, 0.2) is 4.99 Å². The molecule has 1 fully saturated rings. The number of nitrogens with zero attached hydrogens (tertiary/aromatic N) is 3. The van der Waals surface area contributed by atoms with Gasteiger partial charge >= 0.3 is 0 Å². The summed E-state index contributed by atoms with van der Waals surface area (Å²) in [5, 5.41) is 6.67. The number of rotatable bonds is 9. The molecule has 2 N–H and O–H groups in total. The molecule has 1 amide bonds. The van der Waals surface area contributed by atoms with E-state index in [1.165, 1.54) is 0 Å². The summed E-state index contributed by atoms with van der Waals surface area (Å²) >= 11 is 0. The molecular weight excluding hydrogens is 306 g/mol. The SMILES string of the molecule is CN=C(NCCN(C)CCOC)NCC1(C(=O)N(C)C)CCCC1. The molecule has 0 unspecified atom stereocenters. The highest BCUT2D eigenvalue weighted by atomic mass is 16.5. The predicted octanol–water partition coefficient (Wildman–Crippen LogP) is 0.378. The molecule has 1 saturated carbocycles. The first-order valence-corrected chi connectivity index (χ1v) is 8.79. The zero-order valence-electron chi connectivity index (χ0n) is 16.0. The predicted molar refractivity (Wildman–Crippen MR) is 98.3 cm³/mol. The number of nitrogens with one attached hydrogen (secondary N) is 2. The third kappa shape index (κ3) is 6.28. The van der Waals surface area contributed by atoms with Crippen LogP contribution >= 0.6 is 0 Å². The molecule has 0 heterocycles. The zero-order valence-corrected chi connectivity index (χ0v) is 16.0.